The predicted molar refractivity (Wildman–Crippen MR) is 102 cm³/mol. The molecule has 28 heavy (non-hydrogen) atoms. The van der Waals surface area contributed by atoms with E-state index in [9.17, 15) is 9.59 Å². The number of nitrogens with zero attached hydrogens (tertiary/aromatic N) is 3. The third-order valence-corrected chi connectivity index (χ3v) is 4.46. The van der Waals surface area contributed by atoms with Crippen LogP contribution in [0.3, 0.4) is 0 Å². The highest BCUT2D eigenvalue weighted by Crippen LogP contribution is 2.28. The second-order valence-corrected chi connectivity index (χ2v) is 6.54. The predicted octanol–water partition coefficient (Wildman–Crippen LogP) is 2.39. The van der Waals surface area contributed by atoms with Gasteiger partial charge < -0.3 is 23.7 Å². The Balaban J connectivity index is 1.99. The van der Waals surface area contributed by atoms with E-state index in [0.29, 0.717) is 5.69 Å². The normalized spacial score (nSPS) is 14.4. The molecule has 0 spiro atoms. The van der Waals surface area contributed by atoms with Crippen molar-refractivity contribution in [2.45, 2.75) is 19.8 Å². The first kappa shape index (κ1) is 19.6. The van der Waals surface area contributed by atoms with Crippen LogP contribution in [0.25, 0.3) is 5.69 Å². The van der Waals surface area contributed by atoms with Crippen LogP contribution in [0.5, 0.6) is 0 Å². The molecular weight excluding hydrogens is 362 g/mol. The summed E-state index contributed by atoms with van der Waals surface area (Å²) in [6.07, 6.45) is 3.67. The number of ether oxygens (including phenoxy) is 3. The minimum Gasteiger partial charge on any atom is -0.466 e. The standard InChI is InChI=1S/C20H23N3O5/c1-13(2)18-21-9-10-22(18)14-5-7-15(8-6-14)23-12-28-11-16(19(24)26-3)17(23)20(25)27-4/h5-10,13H,11-12H2,1-4H3. The minimum atomic E-state index is -0.623. The molecule has 2 aromatic rings. The number of aromatic nitrogens is 2. The lowest BCUT2D eigenvalue weighted by Crippen LogP contribution is -2.38. The Morgan fingerprint density at radius 2 is 1.71 bits per heavy atom. The molecule has 1 aliphatic rings. The molecule has 148 valence electrons. The summed E-state index contributed by atoms with van der Waals surface area (Å²) in [6, 6.07) is 7.55. The zero-order chi connectivity index (χ0) is 20.3. The Labute approximate surface area is 163 Å². The van der Waals surface area contributed by atoms with E-state index in [1.165, 1.54) is 14.2 Å². The van der Waals surface area contributed by atoms with Crippen molar-refractivity contribution in [1.29, 1.82) is 0 Å². The van der Waals surface area contributed by atoms with Gasteiger partial charge in [0.2, 0.25) is 0 Å². The van der Waals surface area contributed by atoms with Crippen LogP contribution in [0.1, 0.15) is 25.6 Å². The molecule has 0 bridgehead atoms. The summed E-state index contributed by atoms with van der Waals surface area (Å²) >= 11 is 0. The van der Waals surface area contributed by atoms with Crippen molar-refractivity contribution in [3.05, 3.63) is 53.8 Å². The number of hydrogen-bond acceptors (Lipinski definition) is 7. The van der Waals surface area contributed by atoms with Crippen LogP contribution in [-0.2, 0) is 23.8 Å². The van der Waals surface area contributed by atoms with Crippen LogP contribution < -0.4 is 4.90 Å². The molecule has 0 N–H and O–H groups in total. The van der Waals surface area contributed by atoms with Crippen LogP contribution in [0, 0.1) is 0 Å². The average Bonchev–Trinajstić information content (AvgIpc) is 3.22. The fourth-order valence-electron chi connectivity index (χ4n) is 3.10. The second kappa shape index (κ2) is 8.26. The Morgan fingerprint density at radius 3 is 2.32 bits per heavy atom. The smallest absolute Gasteiger partial charge is 0.355 e. The maximum Gasteiger partial charge on any atom is 0.355 e. The minimum absolute atomic E-state index is 0.0154. The maximum atomic E-state index is 12.4. The van der Waals surface area contributed by atoms with Crippen LogP contribution in [-0.4, -0.2) is 49.0 Å². The summed E-state index contributed by atoms with van der Waals surface area (Å²) in [6.45, 7) is 4.27. The summed E-state index contributed by atoms with van der Waals surface area (Å²) in [5.74, 6) is -0.00924. The van der Waals surface area contributed by atoms with Gasteiger partial charge in [0, 0.05) is 29.7 Å². The highest BCUT2D eigenvalue weighted by Gasteiger charge is 2.32. The molecule has 0 amide bonds. The largest absolute Gasteiger partial charge is 0.466 e. The number of rotatable bonds is 5. The van der Waals surface area contributed by atoms with Crippen molar-refractivity contribution >= 4 is 17.6 Å². The van der Waals surface area contributed by atoms with E-state index in [1.54, 1.807) is 11.1 Å². The number of hydrogen-bond donors (Lipinski definition) is 0. The highest BCUT2D eigenvalue weighted by atomic mass is 16.5. The Kier molecular flexibility index (Phi) is 5.79. The molecule has 0 atom stereocenters. The summed E-state index contributed by atoms with van der Waals surface area (Å²) in [5, 5.41) is 0. The van der Waals surface area contributed by atoms with Gasteiger partial charge >= 0.3 is 11.9 Å². The third kappa shape index (κ3) is 3.63. The molecule has 8 nitrogen and oxygen atoms in total. The van der Waals surface area contributed by atoms with E-state index in [-0.39, 0.29) is 30.5 Å². The number of carbonyl (C=O) groups excluding carboxylic acids is 2. The zero-order valence-electron chi connectivity index (χ0n) is 16.3. The number of imidazole rings is 1. The van der Waals surface area contributed by atoms with Gasteiger partial charge in [-0.1, -0.05) is 13.8 Å². The molecule has 2 heterocycles. The van der Waals surface area contributed by atoms with Gasteiger partial charge in [0.15, 0.2) is 0 Å². The Morgan fingerprint density at radius 1 is 1.07 bits per heavy atom. The molecule has 1 aromatic carbocycles. The van der Waals surface area contributed by atoms with Gasteiger partial charge in [0.1, 0.15) is 18.3 Å². The fraction of sp³-hybridized carbons (Fsp3) is 0.350. The summed E-state index contributed by atoms with van der Waals surface area (Å²) in [5.41, 5.74) is 1.89. The average molecular weight is 385 g/mol. The third-order valence-electron chi connectivity index (χ3n) is 4.46. The van der Waals surface area contributed by atoms with Crippen molar-refractivity contribution in [2.24, 2.45) is 0 Å². The monoisotopic (exact) mass is 385 g/mol. The molecule has 0 unspecified atom stereocenters. The first-order valence-electron chi connectivity index (χ1n) is 8.86. The number of carbonyl (C=O) groups is 2. The molecule has 0 saturated heterocycles. The number of methoxy groups -OCH3 is 2. The van der Waals surface area contributed by atoms with E-state index in [4.69, 9.17) is 14.2 Å². The lowest BCUT2D eigenvalue weighted by molar-refractivity contribution is -0.140. The summed E-state index contributed by atoms with van der Waals surface area (Å²) in [7, 11) is 2.53. The van der Waals surface area contributed by atoms with Gasteiger partial charge in [-0.3, -0.25) is 0 Å². The van der Waals surface area contributed by atoms with Crippen LogP contribution in [0.4, 0.5) is 5.69 Å². The molecular formula is C20H23N3O5. The first-order chi connectivity index (χ1) is 13.5. The van der Waals surface area contributed by atoms with Crippen molar-refractivity contribution in [2.75, 3.05) is 32.5 Å². The SMILES string of the molecule is COC(=O)C1=C(C(=O)OC)N(c2ccc(-n3ccnc3C(C)C)cc2)COC1. The van der Waals surface area contributed by atoms with E-state index < -0.39 is 11.9 Å². The molecule has 8 heteroatoms. The van der Waals surface area contributed by atoms with Gasteiger partial charge in [0.05, 0.1) is 26.4 Å². The van der Waals surface area contributed by atoms with Crippen molar-refractivity contribution < 1.29 is 23.8 Å². The van der Waals surface area contributed by atoms with Crippen molar-refractivity contribution in [1.82, 2.24) is 9.55 Å². The molecule has 3 rings (SSSR count). The molecule has 0 fully saturated rings. The van der Waals surface area contributed by atoms with E-state index in [0.717, 1.165) is 11.5 Å². The van der Waals surface area contributed by atoms with Gasteiger partial charge in [0.25, 0.3) is 0 Å². The topological polar surface area (TPSA) is 82.9 Å². The van der Waals surface area contributed by atoms with Gasteiger partial charge in [-0.05, 0) is 24.3 Å². The van der Waals surface area contributed by atoms with Crippen LogP contribution >= 0.6 is 0 Å². The maximum absolute atomic E-state index is 12.4. The molecule has 1 aliphatic heterocycles. The molecule has 1 aromatic heterocycles. The van der Waals surface area contributed by atoms with E-state index in [2.05, 4.69) is 18.8 Å². The lowest BCUT2D eigenvalue weighted by atomic mass is 10.1. The number of anilines is 1. The van der Waals surface area contributed by atoms with Crippen LogP contribution in [0.15, 0.2) is 47.9 Å². The molecule has 0 radical (unpaired) electrons. The van der Waals surface area contributed by atoms with E-state index >= 15 is 0 Å². The van der Waals surface area contributed by atoms with Gasteiger partial charge in [-0.15, -0.1) is 0 Å². The van der Waals surface area contributed by atoms with Gasteiger partial charge in [-0.2, -0.15) is 0 Å². The van der Waals surface area contributed by atoms with E-state index in [1.807, 2.05) is 35.0 Å². The van der Waals surface area contributed by atoms with Crippen molar-refractivity contribution in [3.63, 3.8) is 0 Å². The first-order valence-corrected chi connectivity index (χ1v) is 8.86. The molecule has 0 saturated carbocycles. The van der Waals surface area contributed by atoms with Gasteiger partial charge in [-0.25, -0.2) is 14.6 Å². The fourth-order valence-corrected chi connectivity index (χ4v) is 3.10. The number of benzene rings is 1. The second-order valence-electron chi connectivity index (χ2n) is 6.54. The van der Waals surface area contributed by atoms with Crippen molar-refractivity contribution in [3.8, 4) is 5.69 Å². The zero-order valence-corrected chi connectivity index (χ0v) is 16.3. The quantitative estimate of drug-likeness (QED) is 0.731. The number of esters is 2. The van der Waals surface area contributed by atoms with Crippen LogP contribution in [0.2, 0.25) is 0 Å². The summed E-state index contributed by atoms with van der Waals surface area (Å²) < 4.78 is 17.2. The lowest BCUT2D eigenvalue weighted by Gasteiger charge is -2.31. The summed E-state index contributed by atoms with van der Waals surface area (Å²) in [4.78, 5) is 30.4. The highest BCUT2D eigenvalue weighted by molar-refractivity contribution is 6.03. The molecule has 0 aliphatic carbocycles. The Hall–Kier alpha value is -3.13. The Bertz CT molecular complexity index is 899.